The van der Waals surface area contributed by atoms with Gasteiger partial charge in [0.2, 0.25) is 0 Å². The van der Waals surface area contributed by atoms with Gasteiger partial charge in [0.15, 0.2) is 5.58 Å². The predicted molar refractivity (Wildman–Crippen MR) is 69.1 cm³/mol. The van der Waals surface area contributed by atoms with Crippen LogP contribution in [0.5, 0.6) is 0 Å². The second-order valence-corrected chi connectivity index (χ2v) is 4.62. The highest BCUT2D eigenvalue weighted by Crippen LogP contribution is 2.30. The van der Waals surface area contributed by atoms with E-state index >= 15 is 0 Å². The monoisotopic (exact) mass is 231 g/mol. The number of oxazole rings is 1. The molecule has 2 heterocycles. The van der Waals surface area contributed by atoms with Gasteiger partial charge in [-0.2, -0.15) is 4.98 Å². The number of nitrogen functional groups attached to an aromatic ring is 1. The van der Waals surface area contributed by atoms with Crippen LogP contribution >= 0.6 is 0 Å². The number of fused-ring (bicyclic) bond motifs is 1. The zero-order chi connectivity index (χ0) is 11.8. The molecule has 0 saturated carbocycles. The van der Waals surface area contributed by atoms with E-state index in [1.165, 1.54) is 12.8 Å². The number of rotatable bonds is 2. The average molecular weight is 231 g/mol. The lowest BCUT2D eigenvalue weighted by atomic mass is 10.2. The Morgan fingerprint density at radius 2 is 2.41 bits per heavy atom. The normalized spacial score (nSPS) is 20.3. The molecule has 0 aliphatic carbocycles. The van der Waals surface area contributed by atoms with Crippen LogP contribution in [0.15, 0.2) is 22.6 Å². The van der Waals surface area contributed by atoms with Gasteiger partial charge in [0.25, 0.3) is 6.01 Å². The van der Waals surface area contributed by atoms with Crippen molar-refractivity contribution >= 4 is 22.8 Å². The first-order valence-electron chi connectivity index (χ1n) is 6.20. The fourth-order valence-electron chi connectivity index (χ4n) is 2.56. The number of benzene rings is 1. The van der Waals surface area contributed by atoms with Crippen molar-refractivity contribution < 1.29 is 4.42 Å². The number of hydrogen-bond acceptors (Lipinski definition) is 4. The average Bonchev–Trinajstić information content (AvgIpc) is 2.93. The van der Waals surface area contributed by atoms with Crippen LogP contribution in [0.4, 0.5) is 11.7 Å². The Hall–Kier alpha value is -1.71. The highest BCUT2D eigenvalue weighted by atomic mass is 16.4. The molecule has 90 valence electrons. The lowest BCUT2D eigenvalue weighted by molar-refractivity contribution is 0.541. The zero-order valence-corrected chi connectivity index (χ0v) is 10.0. The number of nitrogens with two attached hydrogens (primary N) is 1. The number of anilines is 2. The van der Waals surface area contributed by atoms with Crippen LogP contribution in [0.1, 0.15) is 26.2 Å². The molecule has 0 spiro atoms. The minimum absolute atomic E-state index is 0.570. The second-order valence-electron chi connectivity index (χ2n) is 4.62. The van der Waals surface area contributed by atoms with Gasteiger partial charge in [0.05, 0.1) is 0 Å². The molecular formula is C13H17N3O. The first-order chi connectivity index (χ1) is 8.28. The first kappa shape index (κ1) is 10.4. The summed E-state index contributed by atoms with van der Waals surface area (Å²) in [6.07, 6.45) is 3.59. The summed E-state index contributed by atoms with van der Waals surface area (Å²) in [4.78, 5) is 6.81. The SMILES string of the molecule is CCC1CCCN1c1nc2ccc(N)cc2o1. The van der Waals surface area contributed by atoms with Crippen molar-refractivity contribution in [3.63, 3.8) is 0 Å². The summed E-state index contributed by atoms with van der Waals surface area (Å²) in [5, 5.41) is 0. The van der Waals surface area contributed by atoms with Crippen molar-refractivity contribution in [3.8, 4) is 0 Å². The van der Waals surface area contributed by atoms with Gasteiger partial charge in [0, 0.05) is 24.3 Å². The lowest BCUT2D eigenvalue weighted by Gasteiger charge is -2.20. The minimum atomic E-state index is 0.570. The maximum atomic E-state index is 5.80. The summed E-state index contributed by atoms with van der Waals surface area (Å²) >= 11 is 0. The molecule has 0 amide bonds. The molecule has 1 aliphatic rings. The highest BCUT2D eigenvalue weighted by Gasteiger charge is 2.26. The Bertz CT molecular complexity index is 534. The summed E-state index contributed by atoms with van der Waals surface area (Å²) in [6.45, 7) is 3.25. The van der Waals surface area contributed by atoms with Crippen molar-refractivity contribution in [3.05, 3.63) is 18.2 Å². The Kier molecular flexibility index (Phi) is 2.42. The van der Waals surface area contributed by atoms with Gasteiger partial charge < -0.3 is 15.1 Å². The molecule has 1 aliphatic heterocycles. The molecule has 1 saturated heterocycles. The number of nitrogens with zero attached hydrogens (tertiary/aromatic N) is 2. The fraction of sp³-hybridized carbons (Fsp3) is 0.462. The predicted octanol–water partition coefficient (Wildman–Crippen LogP) is 2.79. The second kappa shape index (κ2) is 3.95. The summed E-state index contributed by atoms with van der Waals surface area (Å²) in [7, 11) is 0. The van der Waals surface area contributed by atoms with Gasteiger partial charge >= 0.3 is 0 Å². The molecule has 1 aromatic heterocycles. The number of aromatic nitrogens is 1. The van der Waals surface area contributed by atoms with Crippen LogP contribution in [0, 0.1) is 0 Å². The Balaban J connectivity index is 2.00. The van der Waals surface area contributed by atoms with Crippen molar-refractivity contribution in [2.75, 3.05) is 17.2 Å². The molecule has 0 bridgehead atoms. The van der Waals surface area contributed by atoms with Gasteiger partial charge in [0.1, 0.15) is 5.52 Å². The first-order valence-corrected chi connectivity index (χ1v) is 6.20. The van der Waals surface area contributed by atoms with Crippen molar-refractivity contribution in [1.82, 2.24) is 4.98 Å². The molecule has 1 atom stereocenters. The molecule has 2 N–H and O–H groups in total. The quantitative estimate of drug-likeness (QED) is 0.807. The summed E-state index contributed by atoms with van der Waals surface area (Å²) in [5.41, 5.74) is 8.12. The number of hydrogen-bond donors (Lipinski definition) is 1. The fourth-order valence-corrected chi connectivity index (χ4v) is 2.56. The van der Waals surface area contributed by atoms with Gasteiger partial charge in [-0.05, 0) is 31.4 Å². The van der Waals surface area contributed by atoms with Crippen LogP contribution < -0.4 is 10.6 Å². The topological polar surface area (TPSA) is 55.3 Å². The van der Waals surface area contributed by atoms with Crippen molar-refractivity contribution in [1.29, 1.82) is 0 Å². The lowest BCUT2D eigenvalue weighted by Crippen LogP contribution is -2.28. The van der Waals surface area contributed by atoms with E-state index in [9.17, 15) is 0 Å². The minimum Gasteiger partial charge on any atom is -0.423 e. The van der Waals surface area contributed by atoms with Gasteiger partial charge in [-0.25, -0.2) is 0 Å². The maximum absolute atomic E-state index is 5.80. The van der Waals surface area contributed by atoms with Crippen LogP contribution in [0.25, 0.3) is 11.1 Å². The van der Waals surface area contributed by atoms with Gasteiger partial charge in [-0.1, -0.05) is 6.92 Å². The van der Waals surface area contributed by atoms with E-state index in [4.69, 9.17) is 10.2 Å². The van der Waals surface area contributed by atoms with Crippen LogP contribution in [-0.2, 0) is 0 Å². The third kappa shape index (κ3) is 1.73. The summed E-state index contributed by atoms with van der Waals surface area (Å²) in [6, 6.07) is 6.92. The van der Waals surface area contributed by atoms with E-state index in [0.717, 1.165) is 30.1 Å². The Morgan fingerprint density at radius 1 is 1.53 bits per heavy atom. The van der Waals surface area contributed by atoms with E-state index in [1.807, 2.05) is 18.2 Å². The van der Waals surface area contributed by atoms with Crippen molar-refractivity contribution in [2.45, 2.75) is 32.2 Å². The molecule has 4 nitrogen and oxygen atoms in total. The van der Waals surface area contributed by atoms with Gasteiger partial charge in [-0.3, -0.25) is 0 Å². The molecule has 3 rings (SSSR count). The summed E-state index contributed by atoms with van der Waals surface area (Å²) < 4.78 is 5.80. The standard InChI is InChI=1S/C13H17N3O/c1-2-10-4-3-7-16(10)13-15-11-6-5-9(14)8-12(11)17-13/h5-6,8,10H,2-4,7,14H2,1H3. The third-order valence-electron chi connectivity index (χ3n) is 3.50. The van der Waals surface area contributed by atoms with Crippen LogP contribution in [-0.4, -0.2) is 17.6 Å². The Labute approximate surface area is 100 Å². The van der Waals surface area contributed by atoms with Gasteiger partial charge in [-0.15, -0.1) is 0 Å². The zero-order valence-electron chi connectivity index (χ0n) is 10.0. The van der Waals surface area contributed by atoms with Crippen molar-refractivity contribution in [2.24, 2.45) is 0 Å². The highest BCUT2D eigenvalue weighted by molar-refractivity contribution is 5.78. The van der Waals surface area contributed by atoms with E-state index in [2.05, 4.69) is 16.8 Å². The molecule has 1 fully saturated rings. The van der Waals surface area contributed by atoms with E-state index in [1.54, 1.807) is 0 Å². The van der Waals surface area contributed by atoms with E-state index in [0.29, 0.717) is 11.7 Å². The molecular weight excluding hydrogens is 214 g/mol. The van der Waals surface area contributed by atoms with Crippen LogP contribution in [0.3, 0.4) is 0 Å². The molecule has 0 radical (unpaired) electrons. The summed E-state index contributed by atoms with van der Waals surface area (Å²) in [5.74, 6) is 0. The molecule has 17 heavy (non-hydrogen) atoms. The molecule has 2 aromatic rings. The maximum Gasteiger partial charge on any atom is 0.298 e. The van der Waals surface area contributed by atoms with E-state index in [-0.39, 0.29) is 0 Å². The van der Waals surface area contributed by atoms with E-state index < -0.39 is 0 Å². The largest absolute Gasteiger partial charge is 0.423 e. The van der Waals surface area contributed by atoms with Crippen LogP contribution in [0.2, 0.25) is 0 Å². The third-order valence-corrected chi connectivity index (χ3v) is 3.50. The molecule has 4 heteroatoms. The molecule has 1 aromatic carbocycles. The molecule has 1 unspecified atom stereocenters. The Morgan fingerprint density at radius 3 is 3.24 bits per heavy atom. The smallest absolute Gasteiger partial charge is 0.298 e.